The van der Waals surface area contributed by atoms with Gasteiger partial charge in [-0.05, 0) is 107 Å². The maximum atomic E-state index is 13.9. The van der Waals surface area contributed by atoms with Crippen LogP contribution in [-0.4, -0.2) is 46.6 Å². The number of hydrogen-bond donors (Lipinski definition) is 2. The summed E-state index contributed by atoms with van der Waals surface area (Å²) in [6.45, 7) is 10.1. The number of aliphatic hydroxyl groups is 2. The average molecular weight is 487 g/mol. The highest BCUT2D eigenvalue weighted by atomic mass is 16.6. The number of carbonyl (C=O) groups is 2. The van der Waals surface area contributed by atoms with Crippen molar-refractivity contribution in [2.24, 2.45) is 52.3 Å². The van der Waals surface area contributed by atoms with Crippen LogP contribution < -0.4 is 0 Å². The Morgan fingerprint density at radius 1 is 0.971 bits per heavy atom. The highest BCUT2D eigenvalue weighted by Crippen LogP contribution is 2.74. The standard InChI is InChI=1S/C29H42O6/c1-14(30)5-7-17-12-29(25-11-19-16(3)26(32)34-24(19)13-28(17,25)4)22-9-20-18(8-6-15(2)31)21(20)10-23(22)35-27(29)33/h14-15,17-25,30-31H,3,5-13H2,1-2,4H3. The van der Waals surface area contributed by atoms with E-state index in [1.807, 2.05) is 13.8 Å². The summed E-state index contributed by atoms with van der Waals surface area (Å²) in [6.07, 6.45) is 7.14. The lowest BCUT2D eigenvalue weighted by Gasteiger charge is -2.48. The monoisotopic (exact) mass is 486 g/mol. The SMILES string of the molecule is C=C1C(=O)OC2CC3(C)C(CCC(C)O)CC4(C(=O)OC5CC6C(CCC(C)O)C6CC54)C3CC12. The minimum atomic E-state index is -0.498. The molecule has 194 valence electrons. The van der Waals surface area contributed by atoms with E-state index < -0.39 is 5.41 Å². The molecule has 0 bridgehead atoms. The van der Waals surface area contributed by atoms with Gasteiger partial charge in [-0.15, -0.1) is 0 Å². The molecule has 2 heterocycles. The van der Waals surface area contributed by atoms with Crippen molar-refractivity contribution < 1.29 is 29.3 Å². The van der Waals surface area contributed by atoms with Gasteiger partial charge < -0.3 is 19.7 Å². The third-order valence-corrected chi connectivity index (χ3v) is 11.6. The molecule has 0 aromatic heterocycles. The first-order valence-corrected chi connectivity index (χ1v) is 14.0. The number of rotatable bonds is 6. The number of aliphatic hydroxyl groups excluding tert-OH is 2. The van der Waals surface area contributed by atoms with Gasteiger partial charge in [-0.25, -0.2) is 4.79 Å². The number of hydrogen-bond acceptors (Lipinski definition) is 6. The summed E-state index contributed by atoms with van der Waals surface area (Å²) in [5, 5.41) is 19.9. The molecule has 2 aliphatic heterocycles. The van der Waals surface area contributed by atoms with Crippen molar-refractivity contribution in [1.82, 2.24) is 0 Å². The molecule has 1 spiro atoms. The summed E-state index contributed by atoms with van der Waals surface area (Å²) in [6, 6.07) is 0. The summed E-state index contributed by atoms with van der Waals surface area (Å²) in [5.74, 6) is 2.33. The number of ether oxygens (including phenoxy) is 2. The molecule has 6 heteroatoms. The summed E-state index contributed by atoms with van der Waals surface area (Å²) in [7, 11) is 0. The fraction of sp³-hybridized carbons (Fsp3) is 0.862. The maximum Gasteiger partial charge on any atom is 0.334 e. The van der Waals surface area contributed by atoms with Gasteiger partial charge in [0.15, 0.2) is 0 Å². The Hall–Kier alpha value is -1.40. The first-order valence-electron chi connectivity index (χ1n) is 14.0. The van der Waals surface area contributed by atoms with Gasteiger partial charge in [-0.3, -0.25) is 4.79 Å². The summed E-state index contributed by atoms with van der Waals surface area (Å²) in [4.78, 5) is 26.3. The molecular formula is C29H42O6. The zero-order chi connectivity index (χ0) is 24.9. The van der Waals surface area contributed by atoms with Crippen LogP contribution in [-0.2, 0) is 19.1 Å². The molecule has 0 amide bonds. The Labute approximate surface area is 208 Å². The van der Waals surface area contributed by atoms with E-state index in [0.29, 0.717) is 29.2 Å². The minimum absolute atomic E-state index is 0.000550. The number of carbonyl (C=O) groups excluding carboxylic acids is 2. The Kier molecular flexibility index (Phi) is 5.51. The molecule has 6 nitrogen and oxygen atoms in total. The second-order valence-corrected chi connectivity index (χ2v) is 13.4. The molecular weight excluding hydrogens is 444 g/mol. The van der Waals surface area contributed by atoms with Crippen LogP contribution in [0, 0.1) is 52.3 Å². The third kappa shape index (κ3) is 3.41. The molecule has 0 aromatic carbocycles. The van der Waals surface area contributed by atoms with Gasteiger partial charge in [-0.1, -0.05) is 13.5 Å². The van der Waals surface area contributed by atoms with Crippen molar-refractivity contribution in [2.75, 3.05) is 0 Å². The van der Waals surface area contributed by atoms with Gasteiger partial charge in [0.1, 0.15) is 12.2 Å². The normalized spacial score (nSPS) is 51.2. The summed E-state index contributed by atoms with van der Waals surface area (Å²) >= 11 is 0. The Balaban J connectivity index is 1.32. The van der Waals surface area contributed by atoms with E-state index in [-0.39, 0.29) is 59.5 Å². The minimum Gasteiger partial charge on any atom is -0.462 e. The van der Waals surface area contributed by atoms with Crippen molar-refractivity contribution in [3.63, 3.8) is 0 Å². The topological polar surface area (TPSA) is 93.1 Å². The molecule has 2 saturated heterocycles. The third-order valence-electron chi connectivity index (χ3n) is 11.6. The van der Waals surface area contributed by atoms with Crippen molar-refractivity contribution in [3.05, 3.63) is 12.2 Å². The molecule has 6 aliphatic rings. The van der Waals surface area contributed by atoms with Gasteiger partial charge >= 0.3 is 11.9 Å². The van der Waals surface area contributed by atoms with Crippen LogP contribution in [0.5, 0.6) is 0 Å². The smallest absolute Gasteiger partial charge is 0.334 e. The quantitative estimate of drug-likeness (QED) is 0.435. The molecule has 0 radical (unpaired) electrons. The van der Waals surface area contributed by atoms with E-state index >= 15 is 0 Å². The molecule has 6 fully saturated rings. The van der Waals surface area contributed by atoms with Crippen LogP contribution in [0.3, 0.4) is 0 Å². The predicted octanol–water partition coefficient (Wildman–Crippen LogP) is 4.03. The molecule has 35 heavy (non-hydrogen) atoms. The maximum absolute atomic E-state index is 13.9. The first kappa shape index (κ1) is 24.0. The molecule has 4 aliphatic carbocycles. The molecule has 4 saturated carbocycles. The Morgan fingerprint density at radius 3 is 2.37 bits per heavy atom. The predicted molar refractivity (Wildman–Crippen MR) is 129 cm³/mol. The lowest BCUT2D eigenvalue weighted by Crippen LogP contribution is -2.49. The fourth-order valence-corrected chi connectivity index (χ4v) is 9.82. The highest BCUT2D eigenvalue weighted by Gasteiger charge is 2.75. The van der Waals surface area contributed by atoms with E-state index in [1.54, 1.807) is 0 Å². The van der Waals surface area contributed by atoms with Gasteiger partial charge in [-0.2, -0.15) is 0 Å². The molecule has 6 rings (SSSR count). The van der Waals surface area contributed by atoms with E-state index in [9.17, 15) is 19.8 Å². The van der Waals surface area contributed by atoms with Crippen molar-refractivity contribution in [2.45, 2.75) is 103 Å². The van der Waals surface area contributed by atoms with E-state index in [0.717, 1.165) is 57.8 Å². The zero-order valence-corrected chi connectivity index (χ0v) is 21.4. The van der Waals surface area contributed by atoms with Crippen molar-refractivity contribution in [3.8, 4) is 0 Å². The highest BCUT2D eigenvalue weighted by molar-refractivity contribution is 5.91. The van der Waals surface area contributed by atoms with Crippen molar-refractivity contribution >= 4 is 11.9 Å². The van der Waals surface area contributed by atoms with E-state index in [4.69, 9.17) is 9.47 Å². The Morgan fingerprint density at radius 2 is 1.66 bits per heavy atom. The second kappa shape index (κ2) is 8.05. The molecule has 13 unspecified atom stereocenters. The summed E-state index contributed by atoms with van der Waals surface area (Å²) < 4.78 is 12.0. The lowest BCUT2D eigenvalue weighted by molar-refractivity contribution is -0.155. The van der Waals surface area contributed by atoms with Crippen LogP contribution in [0.2, 0.25) is 0 Å². The summed E-state index contributed by atoms with van der Waals surface area (Å²) in [5.41, 5.74) is -0.0464. The second-order valence-electron chi connectivity index (χ2n) is 13.4. The van der Waals surface area contributed by atoms with E-state index in [2.05, 4.69) is 13.5 Å². The van der Waals surface area contributed by atoms with Gasteiger partial charge in [0, 0.05) is 17.4 Å². The first-order chi connectivity index (χ1) is 16.6. The zero-order valence-electron chi connectivity index (χ0n) is 21.4. The number of fused-ring (bicyclic) bond motifs is 6. The Bertz CT molecular complexity index is 926. The molecule has 13 atom stereocenters. The van der Waals surface area contributed by atoms with Crippen LogP contribution in [0.15, 0.2) is 12.2 Å². The number of esters is 2. The van der Waals surface area contributed by atoms with Gasteiger partial charge in [0.2, 0.25) is 0 Å². The van der Waals surface area contributed by atoms with Crippen LogP contribution in [0.1, 0.15) is 78.6 Å². The average Bonchev–Trinajstić information content (AvgIpc) is 3.17. The largest absolute Gasteiger partial charge is 0.462 e. The van der Waals surface area contributed by atoms with Gasteiger partial charge in [0.25, 0.3) is 0 Å². The van der Waals surface area contributed by atoms with Crippen LogP contribution in [0.4, 0.5) is 0 Å². The van der Waals surface area contributed by atoms with E-state index in [1.165, 1.54) is 0 Å². The lowest BCUT2D eigenvalue weighted by atomic mass is 9.54. The van der Waals surface area contributed by atoms with Gasteiger partial charge in [0.05, 0.1) is 17.6 Å². The fourth-order valence-electron chi connectivity index (χ4n) is 9.82. The van der Waals surface area contributed by atoms with Crippen LogP contribution >= 0.6 is 0 Å². The van der Waals surface area contributed by atoms with Crippen molar-refractivity contribution in [1.29, 1.82) is 0 Å². The van der Waals surface area contributed by atoms with Crippen LogP contribution in [0.25, 0.3) is 0 Å². The molecule has 0 aromatic rings. The molecule has 2 N–H and O–H groups in total.